The molecule has 1 aromatic heterocycles. The minimum Gasteiger partial charge on any atom is -0.444 e. The van der Waals surface area contributed by atoms with Gasteiger partial charge in [-0.15, -0.1) is 11.3 Å². The average molecular weight is 452 g/mol. The standard InChI is InChI=1S/C21H33N5O4S/c1-12-8-9-26(20(29)30-21(3,4)5)15(10-12)19(28)25-13(2)18(27)24-11-14-6-7-16(31-14)17(22)23/h6-7,12-13,15H,8-11H2,1-5H3,(H3,22,23)(H,24,27)(H,25,28)/t12-,13-,15+/m0/s1. The molecule has 0 bridgehead atoms. The van der Waals surface area contributed by atoms with Gasteiger partial charge in [0.05, 0.1) is 11.4 Å². The Balaban J connectivity index is 1.95. The molecule has 1 aliphatic rings. The molecule has 172 valence electrons. The van der Waals surface area contributed by atoms with E-state index in [1.807, 2.05) is 6.92 Å². The third-order valence-electron chi connectivity index (χ3n) is 4.91. The van der Waals surface area contributed by atoms with Crippen molar-refractivity contribution < 1.29 is 19.1 Å². The molecule has 0 radical (unpaired) electrons. The van der Waals surface area contributed by atoms with Crippen LogP contribution in [0.5, 0.6) is 0 Å². The maximum Gasteiger partial charge on any atom is 0.410 e. The van der Waals surface area contributed by atoms with Gasteiger partial charge in [0.2, 0.25) is 11.8 Å². The van der Waals surface area contributed by atoms with Crippen molar-refractivity contribution in [1.82, 2.24) is 15.5 Å². The SMILES string of the molecule is C[C@H]1CCN(C(=O)OC(C)(C)C)[C@@H](C(=O)N[C@@H](C)C(=O)NCc2ccc(C(=N)N)s2)C1. The molecule has 0 aromatic carbocycles. The monoisotopic (exact) mass is 451 g/mol. The number of thiophene rings is 1. The minimum absolute atomic E-state index is 0.0144. The molecule has 2 rings (SSSR count). The zero-order valence-electron chi connectivity index (χ0n) is 18.8. The van der Waals surface area contributed by atoms with Crippen LogP contribution < -0.4 is 16.4 Å². The van der Waals surface area contributed by atoms with E-state index in [1.54, 1.807) is 39.8 Å². The summed E-state index contributed by atoms with van der Waals surface area (Å²) in [5.74, 6) is -0.429. The lowest BCUT2D eigenvalue weighted by molar-refractivity contribution is -0.132. The highest BCUT2D eigenvalue weighted by molar-refractivity contribution is 7.14. The predicted octanol–water partition coefficient (Wildman–Crippen LogP) is 2.19. The number of carbonyl (C=O) groups is 3. The van der Waals surface area contributed by atoms with E-state index < -0.39 is 23.8 Å². The van der Waals surface area contributed by atoms with E-state index in [4.69, 9.17) is 15.9 Å². The minimum atomic E-state index is -0.766. The molecule has 1 aromatic rings. The van der Waals surface area contributed by atoms with Gasteiger partial charge < -0.3 is 21.1 Å². The Morgan fingerprint density at radius 2 is 2.03 bits per heavy atom. The number of rotatable bonds is 6. The molecule has 0 unspecified atom stereocenters. The second-order valence-electron chi connectivity index (χ2n) is 8.95. The normalized spacial score (nSPS) is 20.0. The number of amides is 3. The van der Waals surface area contributed by atoms with E-state index in [2.05, 4.69) is 10.6 Å². The molecular formula is C21H33N5O4S. The third kappa shape index (κ3) is 7.23. The molecule has 3 amide bonds. The largest absolute Gasteiger partial charge is 0.444 e. The van der Waals surface area contributed by atoms with Gasteiger partial charge >= 0.3 is 6.09 Å². The Hall–Kier alpha value is -2.62. The molecule has 0 aliphatic carbocycles. The molecule has 1 saturated heterocycles. The van der Waals surface area contributed by atoms with Crippen LogP contribution in [-0.4, -0.2) is 52.9 Å². The van der Waals surface area contributed by atoms with Gasteiger partial charge in [0.25, 0.3) is 0 Å². The molecule has 9 nitrogen and oxygen atoms in total. The number of nitrogen functional groups attached to an aromatic ring is 1. The topological polar surface area (TPSA) is 138 Å². The average Bonchev–Trinajstić information content (AvgIpc) is 3.13. The van der Waals surface area contributed by atoms with Crippen molar-refractivity contribution in [3.63, 3.8) is 0 Å². The van der Waals surface area contributed by atoms with Crippen molar-refractivity contribution >= 4 is 35.1 Å². The first kappa shape index (κ1) is 24.6. The smallest absolute Gasteiger partial charge is 0.410 e. The lowest BCUT2D eigenvalue weighted by atomic mass is 9.92. The quantitative estimate of drug-likeness (QED) is 0.388. The molecule has 1 fully saturated rings. The predicted molar refractivity (Wildman–Crippen MR) is 120 cm³/mol. The molecule has 0 spiro atoms. The summed E-state index contributed by atoms with van der Waals surface area (Å²) in [6.45, 7) is 9.71. The third-order valence-corrected chi connectivity index (χ3v) is 6.03. The van der Waals surface area contributed by atoms with Gasteiger partial charge in [-0.3, -0.25) is 19.9 Å². The van der Waals surface area contributed by atoms with Gasteiger partial charge in [0.15, 0.2) is 0 Å². The lowest BCUT2D eigenvalue weighted by Gasteiger charge is -2.38. The van der Waals surface area contributed by atoms with Crippen molar-refractivity contribution in [3.05, 3.63) is 21.9 Å². The van der Waals surface area contributed by atoms with E-state index in [9.17, 15) is 14.4 Å². The Morgan fingerprint density at radius 3 is 2.61 bits per heavy atom. The van der Waals surface area contributed by atoms with E-state index in [0.717, 1.165) is 11.3 Å². The van der Waals surface area contributed by atoms with Crippen LogP contribution in [0.1, 0.15) is 57.2 Å². The summed E-state index contributed by atoms with van der Waals surface area (Å²) in [5.41, 5.74) is 4.80. The number of likely N-dealkylation sites (tertiary alicyclic amines) is 1. The van der Waals surface area contributed by atoms with Crippen molar-refractivity contribution in [2.75, 3.05) is 6.54 Å². The number of hydrogen-bond donors (Lipinski definition) is 4. The Kier molecular flexibility index (Phi) is 8.05. The Morgan fingerprint density at radius 1 is 1.35 bits per heavy atom. The van der Waals surface area contributed by atoms with Crippen LogP contribution in [0.4, 0.5) is 4.79 Å². The zero-order valence-corrected chi connectivity index (χ0v) is 19.6. The maximum absolute atomic E-state index is 12.9. The van der Waals surface area contributed by atoms with Gasteiger partial charge in [0, 0.05) is 11.4 Å². The highest BCUT2D eigenvalue weighted by Gasteiger charge is 2.37. The van der Waals surface area contributed by atoms with Crippen LogP contribution in [0.2, 0.25) is 0 Å². The highest BCUT2D eigenvalue weighted by Crippen LogP contribution is 2.25. The zero-order chi connectivity index (χ0) is 23.3. The first-order valence-electron chi connectivity index (χ1n) is 10.4. The number of hydrogen-bond acceptors (Lipinski definition) is 6. The van der Waals surface area contributed by atoms with Gasteiger partial charge in [0.1, 0.15) is 23.5 Å². The Labute approximate surface area is 187 Å². The fraction of sp³-hybridized carbons (Fsp3) is 0.619. The van der Waals surface area contributed by atoms with Crippen LogP contribution in [0.25, 0.3) is 0 Å². The van der Waals surface area contributed by atoms with Gasteiger partial charge in [-0.25, -0.2) is 4.79 Å². The van der Waals surface area contributed by atoms with Crippen molar-refractivity contribution in [3.8, 4) is 0 Å². The second-order valence-corrected chi connectivity index (χ2v) is 10.1. The fourth-order valence-corrected chi connectivity index (χ4v) is 4.06. The van der Waals surface area contributed by atoms with Crippen LogP contribution in [-0.2, 0) is 20.9 Å². The number of ether oxygens (including phenoxy) is 1. The summed E-state index contributed by atoms with van der Waals surface area (Å²) in [5, 5.41) is 12.9. The lowest BCUT2D eigenvalue weighted by Crippen LogP contribution is -2.57. The van der Waals surface area contributed by atoms with Gasteiger partial charge in [-0.05, 0) is 58.6 Å². The summed E-state index contributed by atoms with van der Waals surface area (Å²) in [6, 6.07) is 2.09. The molecule has 31 heavy (non-hydrogen) atoms. The van der Waals surface area contributed by atoms with E-state index in [-0.39, 0.29) is 30.1 Å². The fourth-order valence-electron chi connectivity index (χ4n) is 3.25. The summed E-state index contributed by atoms with van der Waals surface area (Å²) in [6.07, 6.45) is 0.792. The van der Waals surface area contributed by atoms with Crippen molar-refractivity contribution in [2.24, 2.45) is 11.7 Å². The number of piperidine rings is 1. The number of carbonyl (C=O) groups excluding carboxylic acids is 3. The van der Waals surface area contributed by atoms with E-state index in [1.165, 1.54) is 16.2 Å². The molecule has 1 aliphatic heterocycles. The number of nitrogens with two attached hydrogens (primary N) is 1. The number of nitrogens with one attached hydrogen (secondary N) is 3. The molecule has 3 atom stereocenters. The van der Waals surface area contributed by atoms with Crippen molar-refractivity contribution in [2.45, 2.75) is 71.7 Å². The Bertz CT molecular complexity index is 832. The maximum atomic E-state index is 12.9. The van der Waals surface area contributed by atoms with Crippen molar-refractivity contribution in [1.29, 1.82) is 5.41 Å². The molecule has 0 saturated carbocycles. The van der Waals surface area contributed by atoms with Crippen LogP contribution >= 0.6 is 11.3 Å². The molecule has 2 heterocycles. The highest BCUT2D eigenvalue weighted by atomic mass is 32.1. The summed E-state index contributed by atoms with van der Waals surface area (Å²) < 4.78 is 5.46. The van der Waals surface area contributed by atoms with Crippen LogP contribution in [0.3, 0.4) is 0 Å². The molecule has 10 heteroatoms. The second kappa shape index (κ2) is 10.1. The van der Waals surface area contributed by atoms with Crippen LogP contribution in [0, 0.1) is 11.3 Å². The number of nitrogens with zero attached hydrogens (tertiary/aromatic N) is 1. The van der Waals surface area contributed by atoms with E-state index in [0.29, 0.717) is 17.8 Å². The summed E-state index contributed by atoms with van der Waals surface area (Å²) >= 11 is 1.33. The van der Waals surface area contributed by atoms with Gasteiger partial charge in [-0.1, -0.05) is 6.92 Å². The van der Waals surface area contributed by atoms with Crippen LogP contribution in [0.15, 0.2) is 12.1 Å². The van der Waals surface area contributed by atoms with E-state index >= 15 is 0 Å². The molecular weight excluding hydrogens is 418 g/mol. The number of amidine groups is 1. The van der Waals surface area contributed by atoms with Gasteiger partial charge in [-0.2, -0.15) is 0 Å². The first-order valence-corrected chi connectivity index (χ1v) is 11.2. The summed E-state index contributed by atoms with van der Waals surface area (Å²) in [4.78, 5) is 40.9. The summed E-state index contributed by atoms with van der Waals surface area (Å²) in [7, 11) is 0. The molecule has 5 N–H and O–H groups in total. The first-order chi connectivity index (χ1) is 14.4.